The Balaban J connectivity index is 2.52. The van der Waals surface area contributed by atoms with Gasteiger partial charge in [-0.2, -0.15) is 0 Å². The molecule has 1 aromatic rings. The highest BCUT2D eigenvalue weighted by Gasteiger charge is 2.04. The quantitative estimate of drug-likeness (QED) is 0.369. The smallest absolute Gasteiger partial charge is 0.191 e. The van der Waals surface area contributed by atoms with Crippen molar-refractivity contribution in [1.82, 2.24) is 10.6 Å². The number of nitrogens with one attached hydrogen (secondary N) is 2. The van der Waals surface area contributed by atoms with Gasteiger partial charge in [0.15, 0.2) is 17.5 Å². The first-order chi connectivity index (χ1) is 11.7. The Bertz CT molecular complexity index is 492. The van der Waals surface area contributed by atoms with Crippen LogP contribution in [0, 0.1) is 0 Å². The standard InChI is InChI=1S/C18H31N3O3/c1-5-19-18(20-11-7-6-8-12-22-2)21-14-15-9-10-16(23-3)17(13-15)24-4/h9-10,13H,5-8,11-12,14H2,1-4H3,(H2,19,20,21). The summed E-state index contributed by atoms with van der Waals surface area (Å²) in [5.41, 5.74) is 1.07. The first-order valence-corrected chi connectivity index (χ1v) is 8.47. The van der Waals surface area contributed by atoms with Crippen molar-refractivity contribution in [2.24, 2.45) is 4.99 Å². The van der Waals surface area contributed by atoms with Gasteiger partial charge in [-0.1, -0.05) is 6.07 Å². The molecule has 0 fully saturated rings. The highest BCUT2D eigenvalue weighted by Crippen LogP contribution is 2.27. The zero-order chi connectivity index (χ0) is 17.6. The molecule has 0 aromatic heterocycles. The normalized spacial score (nSPS) is 11.2. The van der Waals surface area contributed by atoms with E-state index in [0.29, 0.717) is 6.54 Å². The molecule has 0 unspecified atom stereocenters. The Hall–Kier alpha value is -1.95. The molecule has 136 valence electrons. The van der Waals surface area contributed by atoms with Crippen LogP contribution in [0.25, 0.3) is 0 Å². The predicted molar refractivity (Wildman–Crippen MR) is 98.1 cm³/mol. The molecule has 0 atom stereocenters. The second kappa shape index (κ2) is 12.5. The minimum atomic E-state index is 0.583. The number of aliphatic imine (C=N–C) groups is 1. The second-order valence-electron chi connectivity index (χ2n) is 5.36. The monoisotopic (exact) mass is 337 g/mol. The summed E-state index contributed by atoms with van der Waals surface area (Å²) in [5.74, 6) is 2.28. The highest BCUT2D eigenvalue weighted by atomic mass is 16.5. The molecule has 24 heavy (non-hydrogen) atoms. The molecule has 0 saturated heterocycles. The minimum Gasteiger partial charge on any atom is -0.493 e. The summed E-state index contributed by atoms with van der Waals surface area (Å²) in [6.07, 6.45) is 3.34. The van der Waals surface area contributed by atoms with E-state index in [0.717, 1.165) is 62.0 Å². The van der Waals surface area contributed by atoms with Crippen molar-refractivity contribution in [2.75, 3.05) is 41.0 Å². The number of unbranched alkanes of at least 4 members (excludes halogenated alkanes) is 2. The average molecular weight is 337 g/mol. The van der Waals surface area contributed by atoms with Gasteiger partial charge in [0.1, 0.15) is 0 Å². The molecule has 0 saturated carbocycles. The van der Waals surface area contributed by atoms with E-state index in [1.54, 1.807) is 21.3 Å². The van der Waals surface area contributed by atoms with Crippen molar-refractivity contribution in [1.29, 1.82) is 0 Å². The first-order valence-electron chi connectivity index (χ1n) is 8.47. The van der Waals surface area contributed by atoms with E-state index in [4.69, 9.17) is 14.2 Å². The zero-order valence-corrected chi connectivity index (χ0v) is 15.4. The molecule has 0 radical (unpaired) electrons. The number of methoxy groups -OCH3 is 3. The van der Waals surface area contributed by atoms with E-state index in [-0.39, 0.29) is 0 Å². The molecule has 0 heterocycles. The summed E-state index contributed by atoms with van der Waals surface area (Å²) >= 11 is 0. The van der Waals surface area contributed by atoms with Gasteiger partial charge in [-0.3, -0.25) is 0 Å². The van der Waals surface area contributed by atoms with E-state index in [9.17, 15) is 0 Å². The summed E-state index contributed by atoms with van der Waals surface area (Å²) in [6.45, 7) is 5.21. The van der Waals surface area contributed by atoms with Gasteiger partial charge in [0.05, 0.1) is 20.8 Å². The maximum Gasteiger partial charge on any atom is 0.191 e. The molecule has 0 aliphatic heterocycles. The molecule has 0 spiro atoms. The summed E-state index contributed by atoms with van der Waals surface area (Å²) in [4.78, 5) is 4.62. The number of rotatable bonds is 11. The van der Waals surface area contributed by atoms with Gasteiger partial charge in [-0.25, -0.2) is 4.99 Å². The van der Waals surface area contributed by atoms with Crippen molar-refractivity contribution < 1.29 is 14.2 Å². The second-order valence-corrected chi connectivity index (χ2v) is 5.36. The van der Waals surface area contributed by atoms with Crippen LogP contribution in [0.2, 0.25) is 0 Å². The van der Waals surface area contributed by atoms with Crippen LogP contribution in [-0.4, -0.2) is 47.0 Å². The highest BCUT2D eigenvalue weighted by molar-refractivity contribution is 5.79. The number of ether oxygens (including phenoxy) is 3. The molecule has 1 aromatic carbocycles. The fourth-order valence-electron chi connectivity index (χ4n) is 2.25. The predicted octanol–water partition coefficient (Wildman–Crippen LogP) is 2.58. The Morgan fingerprint density at radius 1 is 1.00 bits per heavy atom. The summed E-state index contributed by atoms with van der Waals surface area (Å²) < 4.78 is 15.6. The average Bonchev–Trinajstić information content (AvgIpc) is 2.62. The molecule has 6 nitrogen and oxygen atoms in total. The third-order valence-electron chi connectivity index (χ3n) is 3.53. The van der Waals surface area contributed by atoms with Crippen molar-refractivity contribution in [3.63, 3.8) is 0 Å². The number of guanidine groups is 1. The molecule has 0 bridgehead atoms. The topological polar surface area (TPSA) is 64.1 Å². The molecule has 2 N–H and O–H groups in total. The van der Waals surface area contributed by atoms with Crippen LogP contribution in [0.4, 0.5) is 0 Å². The third kappa shape index (κ3) is 7.55. The lowest BCUT2D eigenvalue weighted by atomic mass is 10.2. The zero-order valence-electron chi connectivity index (χ0n) is 15.4. The minimum absolute atomic E-state index is 0.583. The van der Waals surface area contributed by atoms with Gasteiger partial charge in [-0.15, -0.1) is 0 Å². The molecule has 0 aliphatic rings. The van der Waals surface area contributed by atoms with Crippen LogP contribution in [0.5, 0.6) is 11.5 Å². The lowest BCUT2D eigenvalue weighted by Gasteiger charge is -2.12. The SMILES string of the molecule is CCNC(=NCc1ccc(OC)c(OC)c1)NCCCCCOC. The molecular weight excluding hydrogens is 306 g/mol. The Morgan fingerprint density at radius 3 is 2.46 bits per heavy atom. The largest absolute Gasteiger partial charge is 0.493 e. The molecule has 1 rings (SSSR count). The lowest BCUT2D eigenvalue weighted by Crippen LogP contribution is -2.37. The molecule has 0 amide bonds. The van der Waals surface area contributed by atoms with Gasteiger partial charge in [0, 0.05) is 26.8 Å². The lowest BCUT2D eigenvalue weighted by molar-refractivity contribution is 0.192. The summed E-state index contributed by atoms with van der Waals surface area (Å²) in [5, 5.41) is 6.63. The van der Waals surface area contributed by atoms with E-state index in [2.05, 4.69) is 22.5 Å². The number of hydrogen-bond acceptors (Lipinski definition) is 4. The van der Waals surface area contributed by atoms with Crippen LogP contribution in [0.15, 0.2) is 23.2 Å². The van der Waals surface area contributed by atoms with E-state index >= 15 is 0 Å². The third-order valence-corrected chi connectivity index (χ3v) is 3.53. The van der Waals surface area contributed by atoms with Crippen LogP contribution >= 0.6 is 0 Å². The van der Waals surface area contributed by atoms with Gasteiger partial charge in [-0.05, 0) is 43.9 Å². The van der Waals surface area contributed by atoms with Crippen LogP contribution in [0.1, 0.15) is 31.7 Å². The van der Waals surface area contributed by atoms with Crippen molar-refractivity contribution in [3.05, 3.63) is 23.8 Å². The number of nitrogens with zero attached hydrogens (tertiary/aromatic N) is 1. The van der Waals surface area contributed by atoms with Crippen LogP contribution in [-0.2, 0) is 11.3 Å². The number of hydrogen-bond donors (Lipinski definition) is 2. The van der Waals surface area contributed by atoms with Crippen molar-refractivity contribution >= 4 is 5.96 Å². The Labute approximate surface area is 145 Å². The van der Waals surface area contributed by atoms with Gasteiger partial charge < -0.3 is 24.8 Å². The van der Waals surface area contributed by atoms with E-state index < -0.39 is 0 Å². The van der Waals surface area contributed by atoms with Gasteiger partial charge in [0.25, 0.3) is 0 Å². The number of benzene rings is 1. The maximum absolute atomic E-state index is 5.33. The van der Waals surface area contributed by atoms with E-state index in [1.165, 1.54) is 0 Å². The molecule has 0 aliphatic carbocycles. The Kier molecular flexibility index (Phi) is 10.4. The fourth-order valence-corrected chi connectivity index (χ4v) is 2.25. The van der Waals surface area contributed by atoms with Crippen molar-refractivity contribution in [3.8, 4) is 11.5 Å². The summed E-state index contributed by atoms with van der Waals surface area (Å²) in [6, 6.07) is 5.86. The maximum atomic E-state index is 5.33. The Morgan fingerprint density at radius 2 is 1.79 bits per heavy atom. The van der Waals surface area contributed by atoms with Crippen LogP contribution in [0.3, 0.4) is 0 Å². The molecule has 6 heteroatoms. The first kappa shape index (κ1) is 20.1. The van der Waals surface area contributed by atoms with Gasteiger partial charge >= 0.3 is 0 Å². The van der Waals surface area contributed by atoms with Crippen molar-refractivity contribution in [2.45, 2.75) is 32.7 Å². The fraction of sp³-hybridized carbons (Fsp3) is 0.611. The summed E-state index contributed by atoms with van der Waals surface area (Å²) in [7, 11) is 5.01. The van der Waals surface area contributed by atoms with Gasteiger partial charge in [0.2, 0.25) is 0 Å². The van der Waals surface area contributed by atoms with Crippen LogP contribution < -0.4 is 20.1 Å². The van der Waals surface area contributed by atoms with E-state index in [1.807, 2.05) is 18.2 Å². The molecular formula is C18H31N3O3.